The van der Waals surface area contributed by atoms with Crippen LogP contribution in [-0.4, -0.2) is 41.4 Å². The van der Waals surface area contributed by atoms with Crippen molar-refractivity contribution in [1.82, 2.24) is 4.90 Å². The second-order valence-electron chi connectivity index (χ2n) is 4.07. The van der Waals surface area contributed by atoms with E-state index in [0.717, 1.165) is 28.7 Å². The van der Waals surface area contributed by atoms with Crippen molar-refractivity contribution in [2.24, 2.45) is 4.99 Å². The predicted octanol–water partition coefficient (Wildman–Crippen LogP) is 1.66. The van der Waals surface area contributed by atoms with Gasteiger partial charge in [-0.25, -0.2) is 0 Å². The van der Waals surface area contributed by atoms with Crippen LogP contribution >= 0.6 is 11.8 Å². The van der Waals surface area contributed by atoms with E-state index in [1.807, 2.05) is 29.2 Å². The number of benzene rings is 1. The number of anilines is 1. The van der Waals surface area contributed by atoms with E-state index in [1.54, 1.807) is 18.8 Å². The number of nitrogens with zero attached hydrogens (tertiary/aromatic N) is 2. The van der Waals surface area contributed by atoms with Gasteiger partial charge in [0.25, 0.3) is 5.91 Å². The van der Waals surface area contributed by atoms with Gasteiger partial charge in [-0.3, -0.25) is 9.79 Å². The Morgan fingerprint density at radius 1 is 1.47 bits per heavy atom. The molecule has 2 heterocycles. The van der Waals surface area contributed by atoms with Crippen LogP contribution in [0.25, 0.3) is 0 Å². The molecule has 1 aromatic rings. The number of thioether (sulfide) groups is 1. The van der Waals surface area contributed by atoms with E-state index in [-0.39, 0.29) is 11.9 Å². The van der Waals surface area contributed by atoms with Crippen molar-refractivity contribution >= 4 is 29.2 Å². The molecule has 1 amide bonds. The summed E-state index contributed by atoms with van der Waals surface area (Å²) in [6, 6.07) is 7.70. The summed E-state index contributed by atoms with van der Waals surface area (Å²) in [5.74, 6) is 2.65. The van der Waals surface area contributed by atoms with Crippen molar-refractivity contribution in [2.45, 2.75) is 6.04 Å². The highest BCUT2D eigenvalue weighted by Gasteiger charge is 2.37. The standard InChI is InChI=1S/C12H13N3OS/c1-13-11-10-6-17-7-15(10)12(16)8-4-2-3-5-9(8)14-11/h2-5,10H,6-7H2,1H3,(H,13,14)/t10-/m0/s1. The number of hydrogen-bond acceptors (Lipinski definition) is 3. The van der Waals surface area contributed by atoms with Gasteiger partial charge in [0, 0.05) is 12.8 Å². The molecule has 1 N–H and O–H groups in total. The average Bonchev–Trinajstić information content (AvgIpc) is 2.81. The van der Waals surface area contributed by atoms with Crippen LogP contribution in [0, 0.1) is 0 Å². The molecule has 0 unspecified atom stereocenters. The summed E-state index contributed by atoms with van der Waals surface area (Å²) in [5.41, 5.74) is 1.59. The zero-order valence-electron chi connectivity index (χ0n) is 9.51. The summed E-state index contributed by atoms with van der Waals surface area (Å²) < 4.78 is 0. The Morgan fingerprint density at radius 3 is 3.12 bits per heavy atom. The molecule has 2 aliphatic rings. The van der Waals surface area contributed by atoms with Crippen LogP contribution < -0.4 is 5.32 Å². The third kappa shape index (κ3) is 1.61. The van der Waals surface area contributed by atoms with E-state index in [1.165, 1.54) is 0 Å². The van der Waals surface area contributed by atoms with Crippen LogP contribution in [0.15, 0.2) is 29.3 Å². The van der Waals surface area contributed by atoms with Gasteiger partial charge in [0.1, 0.15) is 5.84 Å². The molecule has 2 aliphatic heterocycles. The van der Waals surface area contributed by atoms with Gasteiger partial charge in [-0.05, 0) is 12.1 Å². The fourth-order valence-electron chi connectivity index (χ4n) is 2.23. The maximum Gasteiger partial charge on any atom is 0.257 e. The van der Waals surface area contributed by atoms with Crippen LogP contribution in [0.5, 0.6) is 0 Å². The van der Waals surface area contributed by atoms with Gasteiger partial charge < -0.3 is 10.2 Å². The Labute approximate surface area is 104 Å². The van der Waals surface area contributed by atoms with Gasteiger partial charge in [0.15, 0.2) is 0 Å². The lowest BCUT2D eigenvalue weighted by Gasteiger charge is -2.21. The molecule has 0 bridgehead atoms. The van der Waals surface area contributed by atoms with Gasteiger partial charge in [-0.2, -0.15) is 0 Å². The molecule has 0 aliphatic carbocycles. The Balaban J connectivity index is 2.13. The normalized spacial score (nSPS) is 25.2. The average molecular weight is 247 g/mol. The van der Waals surface area contributed by atoms with Gasteiger partial charge in [0.2, 0.25) is 0 Å². The first-order valence-electron chi connectivity index (χ1n) is 5.52. The lowest BCUT2D eigenvalue weighted by molar-refractivity contribution is 0.0783. The van der Waals surface area contributed by atoms with E-state index in [9.17, 15) is 4.79 Å². The number of amidine groups is 1. The summed E-state index contributed by atoms with van der Waals surface area (Å²) in [4.78, 5) is 18.6. The number of nitrogens with one attached hydrogen (secondary N) is 1. The van der Waals surface area contributed by atoms with E-state index < -0.39 is 0 Å². The van der Waals surface area contributed by atoms with Crippen LogP contribution in [0.4, 0.5) is 5.69 Å². The SMILES string of the molecule is CN=C1Nc2ccccc2C(=O)N2CSC[C@@H]12. The van der Waals surface area contributed by atoms with E-state index in [4.69, 9.17) is 0 Å². The summed E-state index contributed by atoms with van der Waals surface area (Å²) >= 11 is 1.77. The molecule has 0 saturated carbocycles. The van der Waals surface area contributed by atoms with Crippen LogP contribution in [0.1, 0.15) is 10.4 Å². The smallest absolute Gasteiger partial charge is 0.257 e. The Hall–Kier alpha value is -1.49. The van der Waals surface area contributed by atoms with Crippen molar-refractivity contribution in [3.8, 4) is 0 Å². The molecular weight excluding hydrogens is 234 g/mol. The highest BCUT2D eigenvalue weighted by Crippen LogP contribution is 2.30. The van der Waals surface area contributed by atoms with Crippen molar-refractivity contribution in [3.05, 3.63) is 29.8 Å². The maximum atomic E-state index is 12.4. The molecule has 1 aromatic carbocycles. The fraction of sp³-hybridized carbons (Fsp3) is 0.333. The molecule has 1 atom stereocenters. The lowest BCUT2D eigenvalue weighted by atomic mass is 10.1. The number of rotatable bonds is 0. The first-order valence-corrected chi connectivity index (χ1v) is 6.68. The number of aliphatic imine (C=N–C) groups is 1. The minimum absolute atomic E-state index is 0.0879. The summed E-state index contributed by atoms with van der Waals surface area (Å²) in [6.07, 6.45) is 0. The van der Waals surface area contributed by atoms with E-state index >= 15 is 0 Å². The minimum Gasteiger partial charge on any atom is -0.342 e. The number of carbonyl (C=O) groups is 1. The van der Waals surface area contributed by atoms with Gasteiger partial charge in [-0.1, -0.05) is 12.1 Å². The molecule has 3 rings (SSSR count). The predicted molar refractivity (Wildman–Crippen MR) is 70.7 cm³/mol. The van der Waals surface area contributed by atoms with Crippen molar-refractivity contribution < 1.29 is 4.79 Å². The number of carbonyl (C=O) groups excluding carboxylic acids is 1. The first kappa shape index (κ1) is 10.7. The molecule has 0 aromatic heterocycles. The summed E-state index contributed by atoms with van der Waals surface area (Å²) in [5, 5.41) is 3.29. The molecule has 0 radical (unpaired) electrons. The topological polar surface area (TPSA) is 44.7 Å². The van der Waals surface area contributed by atoms with Crippen LogP contribution in [-0.2, 0) is 0 Å². The van der Waals surface area contributed by atoms with E-state index in [2.05, 4.69) is 10.3 Å². The summed E-state index contributed by atoms with van der Waals surface area (Å²) in [7, 11) is 1.77. The van der Waals surface area contributed by atoms with Gasteiger partial charge in [-0.15, -0.1) is 11.8 Å². The molecule has 1 saturated heterocycles. The van der Waals surface area contributed by atoms with Gasteiger partial charge >= 0.3 is 0 Å². The van der Waals surface area contributed by atoms with Crippen molar-refractivity contribution in [3.63, 3.8) is 0 Å². The molecular formula is C12H13N3OS. The Kier molecular flexibility index (Phi) is 2.55. The molecule has 88 valence electrons. The highest BCUT2D eigenvalue weighted by atomic mass is 32.2. The zero-order valence-corrected chi connectivity index (χ0v) is 10.3. The van der Waals surface area contributed by atoms with Crippen LogP contribution in [0.3, 0.4) is 0 Å². The lowest BCUT2D eigenvalue weighted by Crippen LogP contribution is -2.42. The van der Waals surface area contributed by atoms with Crippen molar-refractivity contribution in [2.75, 3.05) is 24.0 Å². The third-order valence-corrected chi connectivity index (χ3v) is 4.13. The quantitative estimate of drug-likeness (QED) is 0.758. The Bertz CT molecular complexity index is 500. The maximum absolute atomic E-state index is 12.4. The fourth-order valence-corrected chi connectivity index (χ4v) is 3.39. The second kappa shape index (κ2) is 4.07. The molecule has 17 heavy (non-hydrogen) atoms. The van der Waals surface area contributed by atoms with E-state index in [0.29, 0.717) is 0 Å². The monoisotopic (exact) mass is 247 g/mol. The third-order valence-electron chi connectivity index (χ3n) is 3.12. The number of para-hydroxylation sites is 1. The second-order valence-corrected chi connectivity index (χ2v) is 5.07. The number of hydrogen-bond donors (Lipinski definition) is 1. The van der Waals surface area contributed by atoms with Crippen LogP contribution in [0.2, 0.25) is 0 Å². The number of fused-ring (bicyclic) bond motifs is 2. The Morgan fingerprint density at radius 2 is 2.29 bits per heavy atom. The first-order chi connectivity index (χ1) is 8.31. The zero-order chi connectivity index (χ0) is 11.8. The highest BCUT2D eigenvalue weighted by molar-refractivity contribution is 7.99. The summed E-state index contributed by atoms with van der Waals surface area (Å²) in [6.45, 7) is 0. The molecule has 5 heteroatoms. The molecule has 1 fully saturated rings. The largest absolute Gasteiger partial charge is 0.342 e. The minimum atomic E-state index is 0.0879. The molecule has 0 spiro atoms. The molecule has 4 nitrogen and oxygen atoms in total. The van der Waals surface area contributed by atoms with Crippen molar-refractivity contribution in [1.29, 1.82) is 0 Å². The van der Waals surface area contributed by atoms with Gasteiger partial charge in [0.05, 0.1) is 23.2 Å². The number of amides is 1.